The van der Waals surface area contributed by atoms with Crippen molar-refractivity contribution in [2.75, 3.05) is 11.9 Å². The molecule has 0 saturated heterocycles. The number of anilines is 1. The van der Waals surface area contributed by atoms with Crippen molar-refractivity contribution in [1.29, 1.82) is 0 Å². The van der Waals surface area contributed by atoms with E-state index in [4.69, 9.17) is 16.3 Å². The molecule has 2 rings (SSSR count). The second-order valence-electron chi connectivity index (χ2n) is 4.57. The Morgan fingerprint density at radius 1 is 1.14 bits per heavy atom. The third-order valence-electron chi connectivity index (χ3n) is 3.04. The Morgan fingerprint density at radius 3 is 2.62 bits per heavy atom. The van der Waals surface area contributed by atoms with Crippen molar-refractivity contribution in [3.63, 3.8) is 0 Å². The molecule has 3 nitrogen and oxygen atoms in total. The number of carbonyl (C=O) groups excluding carboxylic acids is 1. The van der Waals surface area contributed by atoms with E-state index in [0.29, 0.717) is 35.9 Å². The van der Waals surface area contributed by atoms with Crippen LogP contribution in [-0.4, -0.2) is 12.5 Å². The third-order valence-corrected chi connectivity index (χ3v) is 3.41. The number of aryl methyl sites for hydroxylation is 1. The molecule has 2 aromatic rings. The molecule has 0 saturated carbocycles. The quantitative estimate of drug-likeness (QED) is 0.863. The first kappa shape index (κ1) is 15.4. The van der Waals surface area contributed by atoms with Gasteiger partial charge in [-0.15, -0.1) is 0 Å². The van der Waals surface area contributed by atoms with E-state index in [1.807, 2.05) is 55.5 Å². The molecule has 0 fully saturated rings. The van der Waals surface area contributed by atoms with Gasteiger partial charge in [0, 0.05) is 11.4 Å². The average molecular weight is 304 g/mol. The first-order chi connectivity index (χ1) is 10.2. The van der Waals surface area contributed by atoms with Gasteiger partial charge >= 0.3 is 0 Å². The van der Waals surface area contributed by atoms with Crippen molar-refractivity contribution in [2.45, 2.75) is 19.8 Å². The van der Waals surface area contributed by atoms with Gasteiger partial charge in [-0.25, -0.2) is 0 Å². The fourth-order valence-corrected chi connectivity index (χ4v) is 2.24. The summed E-state index contributed by atoms with van der Waals surface area (Å²) in [5.74, 6) is 0.633. The SMILES string of the molecule is CCOc1ccccc1NC(=O)CCc1ccccc1Cl. The monoisotopic (exact) mass is 303 g/mol. The van der Waals surface area contributed by atoms with Gasteiger partial charge in [0.25, 0.3) is 0 Å². The molecule has 0 aliphatic heterocycles. The van der Waals surface area contributed by atoms with E-state index in [0.717, 1.165) is 5.56 Å². The first-order valence-corrected chi connectivity index (χ1v) is 7.33. The second-order valence-corrected chi connectivity index (χ2v) is 4.98. The van der Waals surface area contributed by atoms with E-state index in [1.165, 1.54) is 0 Å². The predicted molar refractivity (Wildman–Crippen MR) is 86.0 cm³/mol. The Morgan fingerprint density at radius 2 is 1.86 bits per heavy atom. The summed E-state index contributed by atoms with van der Waals surface area (Å²) in [7, 11) is 0. The highest BCUT2D eigenvalue weighted by atomic mass is 35.5. The summed E-state index contributed by atoms with van der Waals surface area (Å²) in [6.07, 6.45) is 0.993. The van der Waals surface area contributed by atoms with Crippen LogP contribution < -0.4 is 10.1 Å². The Hall–Kier alpha value is -2.00. The van der Waals surface area contributed by atoms with Crippen molar-refractivity contribution in [3.05, 3.63) is 59.1 Å². The zero-order chi connectivity index (χ0) is 15.1. The van der Waals surface area contributed by atoms with Gasteiger partial charge in [0.1, 0.15) is 5.75 Å². The van der Waals surface area contributed by atoms with Crippen molar-refractivity contribution >= 4 is 23.2 Å². The highest BCUT2D eigenvalue weighted by molar-refractivity contribution is 6.31. The molecule has 0 aliphatic carbocycles. The topological polar surface area (TPSA) is 38.3 Å². The van der Waals surface area contributed by atoms with Crippen molar-refractivity contribution < 1.29 is 9.53 Å². The number of ether oxygens (including phenoxy) is 1. The maximum atomic E-state index is 12.0. The molecular formula is C17H18ClNO2. The number of hydrogen-bond donors (Lipinski definition) is 1. The molecule has 0 aromatic heterocycles. The van der Waals surface area contributed by atoms with E-state index in [2.05, 4.69) is 5.32 Å². The van der Waals surface area contributed by atoms with Crippen LogP contribution in [0.15, 0.2) is 48.5 Å². The summed E-state index contributed by atoms with van der Waals surface area (Å²) in [4.78, 5) is 12.0. The lowest BCUT2D eigenvalue weighted by Crippen LogP contribution is -2.13. The van der Waals surface area contributed by atoms with Gasteiger partial charge in [-0.3, -0.25) is 4.79 Å². The average Bonchev–Trinajstić information content (AvgIpc) is 2.49. The van der Waals surface area contributed by atoms with Crippen molar-refractivity contribution in [2.24, 2.45) is 0 Å². The van der Waals surface area contributed by atoms with Crippen LogP contribution in [0.2, 0.25) is 5.02 Å². The zero-order valence-corrected chi connectivity index (χ0v) is 12.7. The number of hydrogen-bond acceptors (Lipinski definition) is 2. The van der Waals surface area contributed by atoms with Crippen LogP contribution in [-0.2, 0) is 11.2 Å². The van der Waals surface area contributed by atoms with E-state index in [1.54, 1.807) is 0 Å². The fraction of sp³-hybridized carbons (Fsp3) is 0.235. The Bertz CT molecular complexity index is 613. The highest BCUT2D eigenvalue weighted by Crippen LogP contribution is 2.24. The van der Waals surface area contributed by atoms with Gasteiger partial charge in [0.15, 0.2) is 0 Å². The molecule has 0 aliphatic rings. The van der Waals surface area contributed by atoms with E-state index in [9.17, 15) is 4.79 Å². The van der Waals surface area contributed by atoms with E-state index < -0.39 is 0 Å². The molecule has 0 radical (unpaired) electrons. The number of benzene rings is 2. The molecule has 0 unspecified atom stereocenters. The highest BCUT2D eigenvalue weighted by Gasteiger charge is 2.08. The lowest BCUT2D eigenvalue weighted by atomic mass is 10.1. The minimum absolute atomic E-state index is 0.0536. The van der Waals surface area contributed by atoms with Crippen LogP contribution in [0, 0.1) is 0 Å². The van der Waals surface area contributed by atoms with Gasteiger partial charge in [-0.1, -0.05) is 41.9 Å². The lowest BCUT2D eigenvalue weighted by molar-refractivity contribution is -0.116. The van der Waals surface area contributed by atoms with Gasteiger partial charge in [0.05, 0.1) is 12.3 Å². The first-order valence-electron chi connectivity index (χ1n) is 6.95. The minimum Gasteiger partial charge on any atom is -0.492 e. The van der Waals surface area contributed by atoms with Crippen LogP contribution in [0.5, 0.6) is 5.75 Å². The molecule has 1 amide bonds. The number of amides is 1. The summed E-state index contributed by atoms with van der Waals surface area (Å²) < 4.78 is 5.48. The van der Waals surface area contributed by atoms with Crippen LogP contribution in [0.3, 0.4) is 0 Å². The Balaban J connectivity index is 1.95. The summed E-state index contributed by atoms with van der Waals surface area (Å²) in [5.41, 5.74) is 1.68. The molecule has 110 valence electrons. The number of nitrogens with one attached hydrogen (secondary N) is 1. The molecule has 0 atom stereocenters. The fourth-order valence-electron chi connectivity index (χ4n) is 2.01. The van der Waals surface area contributed by atoms with Crippen LogP contribution >= 0.6 is 11.6 Å². The summed E-state index contributed by atoms with van der Waals surface area (Å²) in [6.45, 7) is 2.47. The number of halogens is 1. The van der Waals surface area contributed by atoms with Crippen molar-refractivity contribution in [3.8, 4) is 5.75 Å². The largest absolute Gasteiger partial charge is 0.492 e. The van der Waals surface area contributed by atoms with Gasteiger partial charge < -0.3 is 10.1 Å². The molecular weight excluding hydrogens is 286 g/mol. The maximum Gasteiger partial charge on any atom is 0.224 e. The maximum absolute atomic E-state index is 12.0. The number of para-hydroxylation sites is 2. The molecule has 4 heteroatoms. The normalized spacial score (nSPS) is 10.2. The van der Waals surface area contributed by atoms with Gasteiger partial charge in [0.2, 0.25) is 5.91 Å². The standard InChI is InChI=1S/C17H18ClNO2/c1-2-21-16-10-6-5-9-15(16)19-17(20)12-11-13-7-3-4-8-14(13)18/h3-10H,2,11-12H2,1H3,(H,19,20). The summed E-state index contributed by atoms with van der Waals surface area (Å²) in [6, 6.07) is 15.0. The zero-order valence-electron chi connectivity index (χ0n) is 11.9. The van der Waals surface area contributed by atoms with Gasteiger partial charge in [-0.05, 0) is 37.1 Å². The second kappa shape index (κ2) is 7.70. The molecule has 21 heavy (non-hydrogen) atoms. The summed E-state index contributed by atoms with van der Waals surface area (Å²) >= 11 is 6.08. The lowest BCUT2D eigenvalue weighted by Gasteiger charge is -2.11. The minimum atomic E-state index is -0.0536. The third kappa shape index (κ3) is 4.50. The molecule has 0 bridgehead atoms. The van der Waals surface area contributed by atoms with E-state index in [-0.39, 0.29) is 5.91 Å². The van der Waals surface area contributed by atoms with E-state index >= 15 is 0 Å². The number of rotatable bonds is 6. The predicted octanol–water partition coefficient (Wildman–Crippen LogP) is 4.31. The smallest absolute Gasteiger partial charge is 0.224 e. The Labute approximate surface area is 129 Å². The molecule has 1 N–H and O–H groups in total. The van der Waals surface area contributed by atoms with Crippen LogP contribution in [0.4, 0.5) is 5.69 Å². The summed E-state index contributed by atoms with van der Waals surface area (Å²) in [5, 5.41) is 3.57. The van der Waals surface area contributed by atoms with Crippen molar-refractivity contribution in [1.82, 2.24) is 0 Å². The Kier molecular flexibility index (Phi) is 5.64. The molecule has 0 heterocycles. The number of carbonyl (C=O) groups is 1. The van der Waals surface area contributed by atoms with Gasteiger partial charge in [-0.2, -0.15) is 0 Å². The molecule has 2 aromatic carbocycles. The van der Waals surface area contributed by atoms with Crippen LogP contribution in [0.1, 0.15) is 18.9 Å². The van der Waals surface area contributed by atoms with Crippen LogP contribution in [0.25, 0.3) is 0 Å². The molecule has 0 spiro atoms.